The molecule has 0 aliphatic heterocycles. The number of benzene rings is 1. The van der Waals surface area contributed by atoms with Gasteiger partial charge in [0.1, 0.15) is 0 Å². The van der Waals surface area contributed by atoms with Crippen LogP contribution in [0.25, 0.3) is 11.3 Å². The number of aliphatic hydroxyl groups is 3. The molecular formula is C21H26F2N4O4. The van der Waals surface area contributed by atoms with Gasteiger partial charge in [0, 0.05) is 9.68 Å². The Balaban J connectivity index is 2.08. The summed E-state index contributed by atoms with van der Waals surface area (Å²) in [6, 6.07) is 2.46. The normalized spacial score (nSPS) is 22.8. The van der Waals surface area contributed by atoms with E-state index in [-0.39, 0.29) is 28.3 Å². The van der Waals surface area contributed by atoms with Crippen molar-refractivity contribution in [3.63, 3.8) is 0 Å². The van der Waals surface area contributed by atoms with Gasteiger partial charge in [-0.15, -0.1) is 0 Å². The number of hydrogen-bond acceptors (Lipinski definition) is 7. The molecule has 1 saturated carbocycles. The van der Waals surface area contributed by atoms with Gasteiger partial charge in [-0.1, -0.05) is 25.0 Å². The third kappa shape index (κ3) is 4.65. The van der Waals surface area contributed by atoms with Crippen LogP contribution in [0, 0.1) is 6.85 Å². The van der Waals surface area contributed by atoms with Crippen LogP contribution in [-0.4, -0.2) is 56.4 Å². The van der Waals surface area contributed by atoms with Crippen molar-refractivity contribution in [2.75, 3.05) is 12.3 Å². The number of carbonyl (C=O) groups excluding carboxylic acids is 1. The second-order valence-electron chi connectivity index (χ2n) is 7.56. The van der Waals surface area contributed by atoms with E-state index in [0.29, 0.717) is 12.8 Å². The first-order chi connectivity index (χ1) is 15.9. The first-order valence-corrected chi connectivity index (χ1v) is 9.76. The number of nitrogen functional groups attached to an aromatic ring is 1. The zero-order chi connectivity index (χ0) is 25.3. The zero-order valence-corrected chi connectivity index (χ0v) is 16.6. The van der Waals surface area contributed by atoms with Gasteiger partial charge in [0.05, 0.1) is 30.6 Å². The minimum Gasteiger partial charge on any atom is -0.393 e. The third-order valence-corrected chi connectivity index (χ3v) is 5.46. The fourth-order valence-electron chi connectivity index (χ4n) is 3.52. The molecule has 1 aromatic heterocycles. The number of nitrogens with one attached hydrogen (secondary N) is 1. The van der Waals surface area contributed by atoms with E-state index < -0.39 is 49.1 Å². The van der Waals surface area contributed by atoms with E-state index in [4.69, 9.17) is 9.85 Å². The van der Waals surface area contributed by atoms with E-state index in [9.17, 15) is 28.9 Å². The summed E-state index contributed by atoms with van der Waals surface area (Å²) in [7, 11) is 0. The molecule has 8 nitrogen and oxygen atoms in total. The summed E-state index contributed by atoms with van der Waals surface area (Å²) in [5.41, 5.74) is 1.45. The number of alkyl halides is 2. The summed E-state index contributed by atoms with van der Waals surface area (Å²) in [6.45, 7) is -4.02. The molecule has 31 heavy (non-hydrogen) atoms. The predicted molar refractivity (Wildman–Crippen MR) is 109 cm³/mol. The van der Waals surface area contributed by atoms with Gasteiger partial charge < -0.3 is 26.4 Å². The predicted octanol–water partition coefficient (Wildman–Crippen LogP) is 1.51. The van der Waals surface area contributed by atoms with Gasteiger partial charge in [0.2, 0.25) is 0 Å². The van der Waals surface area contributed by atoms with Crippen LogP contribution in [0.3, 0.4) is 0 Å². The number of hydrogen-bond donors (Lipinski definition) is 5. The lowest BCUT2D eigenvalue weighted by atomic mass is 9.91. The van der Waals surface area contributed by atoms with Gasteiger partial charge in [-0.2, -0.15) is 0 Å². The summed E-state index contributed by atoms with van der Waals surface area (Å²) in [6.07, 6.45) is -0.300. The van der Waals surface area contributed by atoms with Crippen molar-refractivity contribution in [1.82, 2.24) is 15.3 Å². The molecule has 3 atom stereocenters. The van der Waals surface area contributed by atoms with E-state index in [2.05, 4.69) is 15.3 Å². The first-order valence-electron chi connectivity index (χ1n) is 11.3. The van der Waals surface area contributed by atoms with E-state index in [1.807, 2.05) is 0 Å². The average molecular weight is 439 g/mol. The Bertz CT molecular complexity index is 1060. The summed E-state index contributed by atoms with van der Waals surface area (Å²) >= 11 is 0. The minimum absolute atomic E-state index is 0.161. The number of rotatable bonds is 6. The second kappa shape index (κ2) is 9.21. The Labute approximate surface area is 182 Å². The van der Waals surface area contributed by atoms with Gasteiger partial charge in [0.15, 0.2) is 17.1 Å². The van der Waals surface area contributed by atoms with Crippen LogP contribution in [-0.2, 0) is 5.60 Å². The van der Waals surface area contributed by atoms with Crippen LogP contribution in [0.5, 0.6) is 0 Å². The Kier molecular flexibility index (Phi) is 5.65. The van der Waals surface area contributed by atoms with Crippen molar-refractivity contribution >= 4 is 11.7 Å². The smallest absolute Gasteiger partial charge is 0.274 e. The summed E-state index contributed by atoms with van der Waals surface area (Å²) in [5.74, 6) is -0.985. The van der Waals surface area contributed by atoms with E-state index >= 15 is 0 Å². The number of aliphatic hydroxyl groups excluding tert-OH is 2. The molecule has 168 valence electrons. The van der Waals surface area contributed by atoms with Crippen molar-refractivity contribution in [2.24, 2.45) is 0 Å². The zero-order valence-electron chi connectivity index (χ0n) is 19.6. The molecular weight excluding hydrogens is 410 g/mol. The first kappa shape index (κ1) is 19.0. The van der Waals surface area contributed by atoms with Crippen LogP contribution in [0.15, 0.2) is 24.4 Å². The lowest BCUT2D eigenvalue weighted by Crippen LogP contribution is -2.45. The van der Waals surface area contributed by atoms with Gasteiger partial charge in [-0.05, 0) is 36.9 Å². The number of anilines is 1. The highest BCUT2D eigenvalue weighted by molar-refractivity contribution is 5.97. The molecule has 1 aliphatic carbocycles. The summed E-state index contributed by atoms with van der Waals surface area (Å²) in [5, 5.41) is 32.4. The Morgan fingerprint density at radius 3 is 2.81 bits per heavy atom. The van der Waals surface area contributed by atoms with Crippen LogP contribution in [0.2, 0.25) is 0 Å². The molecule has 1 unspecified atom stereocenters. The van der Waals surface area contributed by atoms with Gasteiger partial charge in [-0.25, -0.2) is 18.7 Å². The van der Waals surface area contributed by atoms with E-state index in [1.54, 1.807) is 0 Å². The number of amides is 1. The summed E-state index contributed by atoms with van der Waals surface area (Å²) in [4.78, 5) is 20.9. The van der Waals surface area contributed by atoms with Crippen molar-refractivity contribution in [1.29, 1.82) is 0 Å². The molecule has 0 bridgehead atoms. The maximum atomic E-state index is 13.5. The molecule has 0 radical (unpaired) electrons. The Morgan fingerprint density at radius 1 is 1.42 bits per heavy atom. The molecule has 0 spiro atoms. The van der Waals surface area contributed by atoms with Crippen molar-refractivity contribution < 1.29 is 33.0 Å². The molecule has 1 amide bonds. The Morgan fingerprint density at radius 2 is 2.16 bits per heavy atom. The largest absolute Gasteiger partial charge is 0.393 e. The van der Waals surface area contributed by atoms with Crippen molar-refractivity contribution in [3.05, 3.63) is 41.2 Å². The minimum atomic E-state index is -3.37. The molecule has 1 aliphatic rings. The summed E-state index contributed by atoms with van der Waals surface area (Å²) < 4.78 is 50.3. The number of nitrogens with zero attached hydrogens (tertiary/aromatic N) is 2. The van der Waals surface area contributed by atoms with Crippen molar-refractivity contribution in [2.45, 2.75) is 56.7 Å². The number of carbonyl (C=O) groups is 1. The molecule has 3 rings (SSSR count). The molecule has 1 aromatic carbocycles. The topological polar surface area (TPSA) is 142 Å². The molecule has 10 heteroatoms. The molecule has 2 aromatic rings. The average Bonchev–Trinajstić information content (AvgIpc) is 2.79. The maximum Gasteiger partial charge on any atom is 0.274 e. The number of aryl methyl sites for hydroxylation is 1. The second-order valence-corrected chi connectivity index (χ2v) is 7.56. The number of aromatic nitrogens is 2. The highest BCUT2D eigenvalue weighted by Gasteiger charge is 2.39. The Hall–Kier alpha value is -2.69. The number of nitrogens with two attached hydrogens (primary N) is 1. The van der Waals surface area contributed by atoms with Gasteiger partial charge in [0.25, 0.3) is 12.3 Å². The SMILES string of the molecule is [2H]C([2H])([2H])c1ccc(C(O)(CO)C(F)F)cc1-c1cnc(N)c(C(=O)N[C@H]2CCCC[C@@H]2O)n1. The molecule has 6 N–H and O–H groups in total. The maximum absolute atomic E-state index is 13.5. The molecule has 1 heterocycles. The monoisotopic (exact) mass is 439 g/mol. The molecule has 1 fully saturated rings. The lowest BCUT2D eigenvalue weighted by Gasteiger charge is -2.28. The van der Waals surface area contributed by atoms with E-state index in [1.165, 1.54) is 0 Å². The fourth-order valence-corrected chi connectivity index (χ4v) is 3.52. The van der Waals surface area contributed by atoms with Gasteiger partial charge >= 0.3 is 0 Å². The highest BCUT2D eigenvalue weighted by atomic mass is 19.3. The number of halogens is 2. The van der Waals surface area contributed by atoms with Crippen LogP contribution >= 0.6 is 0 Å². The van der Waals surface area contributed by atoms with Crippen LogP contribution in [0.4, 0.5) is 14.6 Å². The fraction of sp³-hybridized carbons (Fsp3) is 0.476. The van der Waals surface area contributed by atoms with Gasteiger partial charge in [-0.3, -0.25) is 4.79 Å². The highest BCUT2D eigenvalue weighted by Crippen LogP contribution is 2.32. The quantitative estimate of drug-likeness (QED) is 0.459. The standard InChI is InChI=1S/C21H26F2N4O4/c1-11-6-7-12(21(31,10-28)20(22)23)8-13(11)15-9-25-18(24)17(26-15)19(30)27-14-4-2-3-5-16(14)29/h6-9,14,16,20,28-29,31H,2-5,10H2,1H3,(H2,24,25)(H,27,30)/t14-,16-,21?/m0/s1/i1D3. The van der Waals surface area contributed by atoms with E-state index in [0.717, 1.165) is 37.2 Å². The van der Waals surface area contributed by atoms with Crippen molar-refractivity contribution in [3.8, 4) is 11.3 Å². The lowest BCUT2D eigenvalue weighted by molar-refractivity contribution is -0.129. The van der Waals surface area contributed by atoms with Crippen LogP contribution in [0.1, 0.15) is 51.4 Å². The third-order valence-electron chi connectivity index (χ3n) is 5.46. The molecule has 0 saturated heterocycles. The van der Waals surface area contributed by atoms with Crippen LogP contribution < -0.4 is 11.1 Å².